The maximum atomic E-state index is 13.7. The molecule has 0 radical (unpaired) electrons. The Balaban J connectivity index is 1.62. The highest BCUT2D eigenvalue weighted by Gasteiger charge is 2.35. The number of fused-ring (bicyclic) bond motifs is 2. The van der Waals surface area contributed by atoms with Crippen LogP contribution in [-0.2, 0) is 36.8 Å². The molecule has 2 aromatic rings. The van der Waals surface area contributed by atoms with Crippen LogP contribution in [0, 0.1) is 0 Å². The van der Waals surface area contributed by atoms with Crippen LogP contribution in [0.25, 0.3) is 0 Å². The Labute approximate surface area is 221 Å². The number of hydrogen-bond donors (Lipinski definition) is 3. The van der Waals surface area contributed by atoms with Gasteiger partial charge in [-0.2, -0.15) is 0 Å². The van der Waals surface area contributed by atoms with Gasteiger partial charge < -0.3 is 30.1 Å². The predicted octanol–water partition coefficient (Wildman–Crippen LogP) is 1.32. The Bertz CT molecular complexity index is 1140. The number of hydrogen-bond acceptors (Lipinski definition) is 6. The van der Waals surface area contributed by atoms with Crippen molar-refractivity contribution in [1.29, 1.82) is 0 Å². The molecule has 0 spiro atoms. The summed E-state index contributed by atoms with van der Waals surface area (Å²) in [7, 11) is 0. The Morgan fingerprint density at radius 1 is 1.00 bits per heavy atom. The summed E-state index contributed by atoms with van der Waals surface area (Å²) in [4.78, 5) is 52.9. The van der Waals surface area contributed by atoms with Crippen LogP contribution >= 0.6 is 0 Å². The summed E-state index contributed by atoms with van der Waals surface area (Å²) in [5, 5.41) is 15.0. The summed E-state index contributed by atoms with van der Waals surface area (Å²) in [5.41, 5.74) is 1.79. The third-order valence-electron chi connectivity index (χ3n) is 6.71. The second-order valence-electron chi connectivity index (χ2n) is 9.47. The van der Waals surface area contributed by atoms with E-state index in [-0.39, 0.29) is 38.6 Å². The van der Waals surface area contributed by atoms with Gasteiger partial charge in [0.15, 0.2) is 6.04 Å². The minimum absolute atomic E-state index is 0.111. The highest BCUT2D eigenvalue weighted by Crippen LogP contribution is 2.21. The van der Waals surface area contributed by atoms with E-state index in [0.29, 0.717) is 31.6 Å². The molecule has 0 aliphatic carbocycles. The number of carbonyl (C=O) groups excluding carboxylic acids is 3. The normalized spacial score (nSPS) is 23.3. The Morgan fingerprint density at radius 2 is 1.82 bits per heavy atom. The Morgan fingerprint density at radius 3 is 2.55 bits per heavy atom. The molecule has 0 aromatic heterocycles. The van der Waals surface area contributed by atoms with Crippen molar-refractivity contribution in [3.63, 3.8) is 0 Å². The second-order valence-corrected chi connectivity index (χ2v) is 9.47. The zero-order valence-corrected chi connectivity index (χ0v) is 21.1. The van der Waals surface area contributed by atoms with Gasteiger partial charge in [-0.15, -0.1) is 0 Å². The number of ether oxygens (including phenoxy) is 2. The third-order valence-corrected chi connectivity index (χ3v) is 6.71. The molecule has 4 rings (SSSR count). The number of benzene rings is 2. The van der Waals surface area contributed by atoms with Gasteiger partial charge in [0.25, 0.3) is 0 Å². The first-order valence-corrected chi connectivity index (χ1v) is 12.9. The van der Waals surface area contributed by atoms with Crippen LogP contribution in [0.4, 0.5) is 0 Å². The summed E-state index contributed by atoms with van der Waals surface area (Å²) in [6.07, 6.45) is 2.00. The number of amides is 3. The molecule has 10 nitrogen and oxygen atoms in total. The fourth-order valence-electron chi connectivity index (χ4n) is 4.69. The highest BCUT2D eigenvalue weighted by molar-refractivity contribution is 5.94. The van der Waals surface area contributed by atoms with Gasteiger partial charge in [0.2, 0.25) is 17.7 Å². The van der Waals surface area contributed by atoms with Crippen LogP contribution in [0.3, 0.4) is 0 Å². The van der Waals surface area contributed by atoms with E-state index in [9.17, 15) is 24.3 Å². The van der Waals surface area contributed by atoms with Crippen LogP contribution in [0.1, 0.15) is 30.4 Å². The first-order chi connectivity index (χ1) is 18.4. The van der Waals surface area contributed by atoms with E-state index in [1.165, 1.54) is 0 Å². The van der Waals surface area contributed by atoms with Crippen molar-refractivity contribution in [2.75, 3.05) is 26.4 Å². The van der Waals surface area contributed by atoms with Gasteiger partial charge in [0, 0.05) is 19.4 Å². The van der Waals surface area contributed by atoms with Gasteiger partial charge in [0.05, 0.1) is 13.2 Å². The third kappa shape index (κ3) is 7.32. The highest BCUT2D eigenvalue weighted by atomic mass is 16.5. The molecule has 2 aromatic carbocycles. The first-order valence-electron chi connectivity index (χ1n) is 12.9. The lowest BCUT2D eigenvalue weighted by atomic mass is 10.0. The summed E-state index contributed by atoms with van der Waals surface area (Å²) in [6.45, 7) is 0.502. The lowest BCUT2D eigenvalue weighted by molar-refractivity contribution is -0.144. The molecule has 2 aliphatic rings. The number of nitrogens with one attached hydrogen (secondary N) is 2. The van der Waals surface area contributed by atoms with Crippen molar-refractivity contribution in [2.24, 2.45) is 0 Å². The molecule has 0 saturated carbocycles. The largest absolute Gasteiger partial charge is 0.491 e. The smallest absolute Gasteiger partial charge is 0.328 e. The van der Waals surface area contributed by atoms with Gasteiger partial charge in [-0.05, 0) is 42.5 Å². The molecule has 202 valence electrons. The molecule has 2 heterocycles. The molecule has 3 N–H and O–H groups in total. The van der Waals surface area contributed by atoms with Crippen molar-refractivity contribution < 1.29 is 33.8 Å². The first kappa shape index (κ1) is 27.1. The molecule has 38 heavy (non-hydrogen) atoms. The SMILES string of the molecule is O=C(O)[C@@H]1COCCOc2cccc(c2)C[C@H](N2CCCC2=O)C(=O)N[C@@H](CCc2ccccc2)C(=O)N1. The summed E-state index contributed by atoms with van der Waals surface area (Å²) in [6, 6.07) is 13.6. The standard InChI is InChI=1S/C28H33N3O7/c32-25-10-5-13-31(25)24-17-20-8-4-9-21(16-20)38-15-14-37-18-23(28(35)36)30-26(33)22(29-27(24)34)12-11-19-6-2-1-3-7-19/h1-4,6-9,16,22-24H,5,10-15,17-18H2,(H,29,34)(H,30,33)(H,35,36)/t22-,23-,24-/m0/s1. The van der Waals surface area contributed by atoms with Crippen molar-refractivity contribution in [1.82, 2.24) is 15.5 Å². The number of aliphatic carboxylic acids is 1. The molecule has 3 atom stereocenters. The number of nitrogens with zero attached hydrogens (tertiary/aromatic N) is 1. The van der Waals surface area contributed by atoms with Gasteiger partial charge in [-0.25, -0.2) is 4.79 Å². The molecular formula is C28H33N3O7. The van der Waals surface area contributed by atoms with Crippen molar-refractivity contribution >= 4 is 23.7 Å². The molecule has 2 aliphatic heterocycles. The van der Waals surface area contributed by atoms with E-state index in [1.807, 2.05) is 48.5 Å². The zero-order valence-electron chi connectivity index (χ0n) is 21.1. The topological polar surface area (TPSA) is 134 Å². The van der Waals surface area contributed by atoms with E-state index in [0.717, 1.165) is 11.1 Å². The predicted molar refractivity (Wildman–Crippen MR) is 137 cm³/mol. The van der Waals surface area contributed by atoms with Gasteiger partial charge in [-0.3, -0.25) is 14.4 Å². The second kappa shape index (κ2) is 13.0. The quantitative estimate of drug-likeness (QED) is 0.538. The molecule has 2 bridgehead atoms. The number of carboxylic acids is 1. The van der Waals surface area contributed by atoms with E-state index in [4.69, 9.17) is 9.47 Å². The number of rotatable bonds is 5. The average molecular weight is 524 g/mol. The Hall–Kier alpha value is -3.92. The molecule has 0 unspecified atom stereocenters. The van der Waals surface area contributed by atoms with E-state index >= 15 is 0 Å². The minimum Gasteiger partial charge on any atom is -0.491 e. The monoisotopic (exact) mass is 523 g/mol. The number of carboxylic acid groups (broad SMARTS) is 1. The maximum Gasteiger partial charge on any atom is 0.328 e. The molecular weight excluding hydrogens is 490 g/mol. The fourth-order valence-corrected chi connectivity index (χ4v) is 4.69. The molecule has 1 saturated heterocycles. The molecule has 10 heteroatoms. The van der Waals surface area contributed by atoms with Crippen LogP contribution in [0.2, 0.25) is 0 Å². The summed E-state index contributed by atoms with van der Waals surface area (Å²) >= 11 is 0. The van der Waals surface area contributed by atoms with Crippen LogP contribution in [-0.4, -0.2) is 78.2 Å². The van der Waals surface area contributed by atoms with E-state index in [2.05, 4.69) is 10.6 Å². The van der Waals surface area contributed by atoms with Gasteiger partial charge >= 0.3 is 5.97 Å². The number of aryl methyl sites for hydroxylation is 1. The fraction of sp³-hybridized carbons (Fsp3) is 0.429. The van der Waals surface area contributed by atoms with Gasteiger partial charge in [0.1, 0.15) is 24.4 Å². The summed E-state index contributed by atoms with van der Waals surface area (Å²) < 4.78 is 11.2. The van der Waals surface area contributed by atoms with Crippen molar-refractivity contribution in [2.45, 2.75) is 50.2 Å². The van der Waals surface area contributed by atoms with E-state index < -0.39 is 35.9 Å². The number of carbonyl (C=O) groups is 4. The van der Waals surface area contributed by atoms with Gasteiger partial charge in [-0.1, -0.05) is 42.5 Å². The number of likely N-dealkylation sites (tertiary alicyclic amines) is 1. The van der Waals surface area contributed by atoms with E-state index in [1.54, 1.807) is 11.0 Å². The molecule has 3 amide bonds. The van der Waals surface area contributed by atoms with Crippen LogP contribution < -0.4 is 15.4 Å². The minimum atomic E-state index is -1.30. The van der Waals surface area contributed by atoms with Crippen LogP contribution in [0.15, 0.2) is 54.6 Å². The lowest BCUT2D eigenvalue weighted by Crippen LogP contribution is -2.57. The zero-order chi connectivity index (χ0) is 26.9. The van der Waals surface area contributed by atoms with Crippen molar-refractivity contribution in [3.8, 4) is 5.75 Å². The van der Waals surface area contributed by atoms with Crippen molar-refractivity contribution in [3.05, 3.63) is 65.7 Å². The average Bonchev–Trinajstić information content (AvgIpc) is 3.34. The lowest BCUT2D eigenvalue weighted by Gasteiger charge is -2.29. The summed E-state index contributed by atoms with van der Waals surface area (Å²) in [5.74, 6) is -1.87. The van der Waals surface area contributed by atoms with Crippen LogP contribution in [0.5, 0.6) is 5.75 Å². The Kier molecular flexibility index (Phi) is 9.31. The molecule has 1 fully saturated rings. The maximum absolute atomic E-state index is 13.7.